The van der Waals surface area contributed by atoms with Gasteiger partial charge in [-0.15, -0.1) is 0 Å². The van der Waals surface area contributed by atoms with Crippen LogP contribution in [0.25, 0.3) is 0 Å². The summed E-state index contributed by atoms with van der Waals surface area (Å²) in [5.41, 5.74) is 6.16. The minimum absolute atomic E-state index is 0.456. The number of hydrogen-bond acceptors (Lipinski definition) is 3. The number of hydrogen-bond donors (Lipinski definition) is 1. The van der Waals surface area contributed by atoms with Gasteiger partial charge in [-0.25, -0.2) is 0 Å². The lowest BCUT2D eigenvalue weighted by atomic mass is 10.1. The zero-order valence-electron chi connectivity index (χ0n) is 9.57. The molecule has 0 aromatic rings. The molecule has 0 aromatic heterocycles. The van der Waals surface area contributed by atoms with Gasteiger partial charge in [-0.3, -0.25) is 9.80 Å². The molecule has 3 rings (SSSR count). The summed E-state index contributed by atoms with van der Waals surface area (Å²) < 4.78 is 0. The zero-order valence-corrected chi connectivity index (χ0v) is 9.57. The van der Waals surface area contributed by atoms with Gasteiger partial charge in [0.25, 0.3) is 0 Å². The van der Waals surface area contributed by atoms with Crippen molar-refractivity contribution in [1.29, 1.82) is 0 Å². The van der Waals surface area contributed by atoms with E-state index in [1.165, 1.54) is 51.9 Å². The summed E-state index contributed by atoms with van der Waals surface area (Å²) in [5, 5.41) is 0. The highest BCUT2D eigenvalue weighted by molar-refractivity contribution is 4.90. The van der Waals surface area contributed by atoms with E-state index in [1.807, 2.05) is 0 Å². The Balaban J connectivity index is 1.40. The molecule has 1 unspecified atom stereocenters. The highest BCUT2D eigenvalue weighted by Crippen LogP contribution is 2.32. The molecule has 0 aromatic carbocycles. The second kappa shape index (κ2) is 4.04. The monoisotopic (exact) mass is 209 g/mol. The van der Waals surface area contributed by atoms with E-state index in [4.69, 9.17) is 5.73 Å². The van der Waals surface area contributed by atoms with Crippen molar-refractivity contribution in [3.8, 4) is 0 Å². The third-order valence-electron chi connectivity index (χ3n) is 4.17. The van der Waals surface area contributed by atoms with Crippen LogP contribution in [-0.2, 0) is 0 Å². The first-order valence-electron chi connectivity index (χ1n) is 6.55. The summed E-state index contributed by atoms with van der Waals surface area (Å²) in [6.07, 6.45) is 5.65. The first-order valence-corrected chi connectivity index (χ1v) is 6.55. The molecule has 1 aliphatic heterocycles. The van der Waals surface area contributed by atoms with Crippen LogP contribution in [0.3, 0.4) is 0 Å². The highest BCUT2D eigenvalue weighted by atomic mass is 15.3. The largest absolute Gasteiger partial charge is 0.326 e. The average molecular weight is 209 g/mol. The minimum atomic E-state index is 0.456. The maximum atomic E-state index is 6.16. The number of rotatable bonds is 4. The van der Waals surface area contributed by atoms with E-state index in [2.05, 4.69) is 9.80 Å². The molecule has 0 amide bonds. The van der Waals surface area contributed by atoms with E-state index in [9.17, 15) is 0 Å². The van der Waals surface area contributed by atoms with Gasteiger partial charge in [-0.2, -0.15) is 0 Å². The lowest BCUT2D eigenvalue weighted by molar-refractivity contribution is 0.119. The molecule has 3 fully saturated rings. The Morgan fingerprint density at radius 3 is 2.20 bits per heavy atom. The number of nitrogens with zero attached hydrogens (tertiary/aromatic N) is 2. The summed E-state index contributed by atoms with van der Waals surface area (Å²) in [6, 6.07) is 1.40. The fourth-order valence-electron chi connectivity index (χ4n) is 2.72. The Kier molecular flexibility index (Phi) is 2.71. The molecule has 3 heteroatoms. The van der Waals surface area contributed by atoms with Gasteiger partial charge in [0.05, 0.1) is 0 Å². The van der Waals surface area contributed by atoms with Crippen LogP contribution in [-0.4, -0.2) is 54.6 Å². The standard InChI is InChI=1S/C12H23N3/c13-12(10-1-2-10)9-14-5-7-15(8-6-14)11-3-4-11/h10-12H,1-9,13H2. The Morgan fingerprint density at radius 2 is 1.67 bits per heavy atom. The Hall–Kier alpha value is -0.120. The molecule has 1 saturated heterocycles. The summed E-state index contributed by atoms with van der Waals surface area (Å²) in [7, 11) is 0. The smallest absolute Gasteiger partial charge is 0.0196 e. The van der Waals surface area contributed by atoms with E-state index >= 15 is 0 Å². The van der Waals surface area contributed by atoms with Crippen LogP contribution in [0.2, 0.25) is 0 Å². The Labute approximate surface area is 92.6 Å². The van der Waals surface area contributed by atoms with E-state index in [0.29, 0.717) is 6.04 Å². The molecule has 0 radical (unpaired) electrons. The van der Waals surface area contributed by atoms with Gasteiger partial charge in [-0.1, -0.05) is 0 Å². The van der Waals surface area contributed by atoms with E-state index in [1.54, 1.807) is 0 Å². The molecule has 1 atom stereocenters. The molecule has 15 heavy (non-hydrogen) atoms. The van der Waals surface area contributed by atoms with E-state index in [-0.39, 0.29) is 0 Å². The molecule has 3 aliphatic rings. The summed E-state index contributed by atoms with van der Waals surface area (Å²) >= 11 is 0. The topological polar surface area (TPSA) is 32.5 Å². The van der Waals surface area contributed by atoms with Crippen molar-refractivity contribution >= 4 is 0 Å². The van der Waals surface area contributed by atoms with Crippen LogP contribution in [0, 0.1) is 5.92 Å². The summed E-state index contributed by atoms with van der Waals surface area (Å²) in [4.78, 5) is 5.24. The molecule has 86 valence electrons. The van der Waals surface area contributed by atoms with Gasteiger partial charge in [-0.05, 0) is 31.6 Å². The van der Waals surface area contributed by atoms with Crippen LogP contribution in [0.15, 0.2) is 0 Å². The van der Waals surface area contributed by atoms with Crippen molar-refractivity contribution in [2.24, 2.45) is 11.7 Å². The van der Waals surface area contributed by atoms with Crippen molar-refractivity contribution < 1.29 is 0 Å². The molecule has 0 bridgehead atoms. The van der Waals surface area contributed by atoms with Crippen molar-refractivity contribution in [3.05, 3.63) is 0 Å². The first kappa shape index (κ1) is 10.1. The predicted octanol–water partition coefficient (Wildman–Crippen LogP) is 0.504. The highest BCUT2D eigenvalue weighted by Gasteiger charge is 2.33. The van der Waals surface area contributed by atoms with E-state index < -0.39 is 0 Å². The molecule has 2 N–H and O–H groups in total. The quantitative estimate of drug-likeness (QED) is 0.732. The first-order chi connectivity index (χ1) is 7.33. The maximum absolute atomic E-state index is 6.16. The second-order valence-electron chi connectivity index (χ2n) is 5.57. The fraction of sp³-hybridized carbons (Fsp3) is 1.00. The van der Waals surface area contributed by atoms with Gasteiger partial charge in [0.15, 0.2) is 0 Å². The molecular weight excluding hydrogens is 186 g/mol. The van der Waals surface area contributed by atoms with Crippen molar-refractivity contribution in [2.75, 3.05) is 32.7 Å². The number of piperazine rings is 1. The summed E-state index contributed by atoms with van der Waals surface area (Å²) in [6.45, 7) is 6.20. The Bertz CT molecular complexity index is 215. The van der Waals surface area contributed by atoms with Crippen molar-refractivity contribution in [1.82, 2.24) is 9.80 Å². The van der Waals surface area contributed by atoms with Crippen LogP contribution >= 0.6 is 0 Å². The van der Waals surface area contributed by atoms with Gasteiger partial charge in [0, 0.05) is 44.8 Å². The Morgan fingerprint density at radius 1 is 1.00 bits per heavy atom. The lowest BCUT2D eigenvalue weighted by Gasteiger charge is -2.36. The van der Waals surface area contributed by atoms with E-state index in [0.717, 1.165) is 18.5 Å². The molecule has 1 heterocycles. The van der Waals surface area contributed by atoms with Gasteiger partial charge in [0.1, 0.15) is 0 Å². The minimum Gasteiger partial charge on any atom is -0.326 e. The third-order valence-corrected chi connectivity index (χ3v) is 4.17. The molecule has 2 saturated carbocycles. The van der Waals surface area contributed by atoms with Crippen LogP contribution in [0.1, 0.15) is 25.7 Å². The van der Waals surface area contributed by atoms with Crippen LogP contribution in [0.4, 0.5) is 0 Å². The third kappa shape index (κ3) is 2.52. The number of nitrogens with two attached hydrogens (primary N) is 1. The zero-order chi connectivity index (χ0) is 10.3. The lowest BCUT2D eigenvalue weighted by Crippen LogP contribution is -2.50. The predicted molar refractivity (Wildman–Crippen MR) is 61.7 cm³/mol. The summed E-state index contributed by atoms with van der Waals surface area (Å²) in [5.74, 6) is 0.853. The average Bonchev–Trinajstić information content (AvgIpc) is 3.11. The second-order valence-corrected chi connectivity index (χ2v) is 5.57. The SMILES string of the molecule is NC(CN1CCN(C2CC2)CC1)C1CC1. The van der Waals surface area contributed by atoms with Crippen LogP contribution < -0.4 is 5.73 Å². The molecular formula is C12H23N3. The molecule has 3 nitrogen and oxygen atoms in total. The molecule has 2 aliphatic carbocycles. The van der Waals surface area contributed by atoms with Gasteiger partial charge in [0.2, 0.25) is 0 Å². The normalized spacial score (nSPS) is 31.8. The van der Waals surface area contributed by atoms with Crippen molar-refractivity contribution in [3.63, 3.8) is 0 Å². The molecule has 0 spiro atoms. The van der Waals surface area contributed by atoms with Crippen LogP contribution in [0.5, 0.6) is 0 Å². The van der Waals surface area contributed by atoms with Crippen molar-refractivity contribution in [2.45, 2.75) is 37.8 Å². The fourth-order valence-corrected chi connectivity index (χ4v) is 2.72. The van der Waals surface area contributed by atoms with Gasteiger partial charge < -0.3 is 5.73 Å². The maximum Gasteiger partial charge on any atom is 0.0196 e. The van der Waals surface area contributed by atoms with Gasteiger partial charge >= 0.3 is 0 Å².